The van der Waals surface area contributed by atoms with Gasteiger partial charge in [0.25, 0.3) is 5.91 Å². The Morgan fingerprint density at radius 1 is 0.853 bits per heavy atom. The third-order valence-electron chi connectivity index (χ3n) is 6.23. The minimum absolute atomic E-state index is 0.274. The third kappa shape index (κ3) is 3.31. The van der Waals surface area contributed by atoms with E-state index in [2.05, 4.69) is 20.9 Å². The van der Waals surface area contributed by atoms with Crippen molar-refractivity contribution in [3.05, 3.63) is 100 Å². The zero-order valence-corrected chi connectivity index (χ0v) is 20.0. The number of nitrogens with zero attached hydrogens (tertiary/aromatic N) is 3. The summed E-state index contributed by atoms with van der Waals surface area (Å²) in [5, 5.41) is 2.79. The van der Waals surface area contributed by atoms with Crippen LogP contribution >= 0.6 is 27.5 Å². The molecule has 0 radical (unpaired) electrons. The summed E-state index contributed by atoms with van der Waals surface area (Å²) in [5.41, 5.74) is 2.62. The molecule has 2 aliphatic heterocycles. The molecule has 2 amide bonds. The summed E-state index contributed by atoms with van der Waals surface area (Å²) in [4.78, 5) is 39.1. The monoisotopic (exact) mass is 533 g/mol. The molecule has 34 heavy (non-hydrogen) atoms. The van der Waals surface area contributed by atoms with E-state index in [1.165, 1.54) is 4.90 Å². The average molecular weight is 535 g/mol. The van der Waals surface area contributed by atoms with Gasteiger partial charge in [0, 0.05) is 15.4 Å². The zero-order chi connectivity index (χ0) is 23.4. The van der Waals surface area contributed by atoms with Gasteiger partial charge in [-0.2, -0.15) is 0 Å². The van der Waals surface area contributed by atoms with E-state index in [0.717, 1.165) is 21.1 Å². The summed E-state index contributed by atoms with van der Waals surface area (Å²) in [7, 11) is 0. The zero-order valence-electron chi connectivity index (χ0n) is 17.6. The van der Waals surface area contributed by atoms with Crippen LogP contribution in [0.4, 0.5) is 11.4 Å². The molecule has 0 N–H and O–H groups in total. The second-order valence-electron chi connectivity index (χ2n) is 8.21. The molecule has 6 rings (SSSR count). The van der Waals surface area contributed by atoms with E-state index in [1.54, 1.807) is 29.3 Å². The number of halogens is 2. The Kier molecular flexibility index (Phi) is 5.13. The number of imide groups is 1. The summed E-state index contributed by atoms with van der Waals surface area (Å²) < 4.78 is 0.855. The van der Waals surface area contributed by atoms with Gasteiger partial charge < -0.3 is 0 Å². The van der Waals surface area contributed by atoms with Crippen molar-refractivity contribution in [1.29, 1.82) is 0 Å². The highest BCUT2D eigenvalue weighted by Crippen LogP contribution is 2.49. The average Bonchev–Trinajstić information content (AvgIpc) is 3.36. The minimum atomic E-state index is -0.969. The molecule has 0 unspecified atom stereocenters. The van der Waals surface area contributed by atoms with Crippen molar-refractivity contribution in [3.63, 3.8) is 0 Å². The van der Waals surface area contributed by atoms with Gasteiger partial charge in [0.2, 0.25) is 5.91 Å². The minimum Gasteiger partial charge on any atom is -0.273 e. The molecule has 0 aliphatic carbocycles. The third-order valence-corrected chi connectivity index (χ3v) is 7.07. The topological polar surface area (TPSA) is 62.7 Å². The molecule has 0 bridgehead atoms. The van der Waals surface area contributed by atoms with E-state index in [1.807, 2.05) is 60.7 Å². The van der Waals surface area contributed by atoms with Gasteiger partial charge in [0.05, 0.1) is 22.9 Å². The van der Waals surface area contributed by atoms with Crippen molar-refractivity contribution in [2.24, 2.45) is 5.92 Å². The van der Waals surface area contributed by atoms with Gasteiger partial charge in [-0.3, -0.25) is 14.4 Å². The van der Waals surface area contributed by atoms with Crippen molar-refractivity contribution in [3.8, 4) is 0 Å². The highest BCUT2D eigenvalue weighted by atomic mass is 79.9. The Morgan fingerprint density at radius 2 is 1.56 bits per heavy atom. The number of aromatic nitrogens is 1. The lowest BCUT2D eigenvalue weighted by molar-refractivity contribution is -0.126. The largest absolute Gasteiger partial charge is 0.273 e. The second kappa shape index (κ2) is 8.20. The Hall–Kier alpha value is -3.26. The molecule has 4 aromatic rings. The molecular formula is C26H17BrClN3O3. The molecular weight excluding hydrogens is 518 g/mol. The van der Waals surface area contributed by atoms with Crippen molar-refractivity contribution >= 4 is 61.6 Å². The Morgan fingerprint density at radius 3 is 2.32 bits per heavy atom. The van der Waals surface area contributed by atoms with E-state index >= 15 is 0 Å². The van der Waals surface area contributed by atoms with Crippen LogP contribution in [0.3, 0.4) is 0 Å². The maximum Gasteiger partial charge on any atom is 0.266 e. The lowest BCUT2D eigenvalue weighted by atomic mass is 9.90. The van der Waals surface area contributed by atoms with E-state index in [0.29, 0.717) is 11.3 Å². The van der Waals surface area contributed by atoms with Crippen LogP contribution in [0.5, 0.6) is 0 Å². The maximum atomic E-state index is 13.7. The number of carbonyl (C=O) groups excluding carboxylic acids is 2. The predicted molar refractivity (Wildman–Crippen MR) is 133 cm³/mol. The second-order valence-corrected chi connectivity index (χ2v) is 9.48. The summed E-state index contributed by atoms with van der Waals surface area (Å²) in [6.07, 6.45) is -0.969. The fourth-order valence-electron chi connectivity index (χ4n) is 4.69. The summed E-state index contributed by atoms with van der Waals surface area (Å²) in [6, 6.07) is 25.4. The molecule has 1 aromatic heterocycles. The number of pyridine rings is 1. The van der Waals surface area contributed by atoms with Crippen molar-refractivity contribution < 1.29 is 14.4 Å². The van der Waals surface area contributed by atoms with Crippen LogP contribution in [0.15, 0.2) is 89.4 Å². The molecule has 3 aromatic carbocycles. The van der Waals surface area contributed by atoms with Gasteiger partial charge in [-0.1, -0.05) is 63.9 Å². The molecule has 8 heteroatoms. The Labute approximate surface area is 208 Å². The number of para-hydroxylation sites is 2. The molecule has 2 fully saturated rings. The van der Waals surface area contributed by atoms with Crippen molar-refractivity contribution in [1.82, 2.24) is 4.98 Å². The van der Waals surface area contributed by atoms with Crippen molar-refractivity contribution in [2.45, 2.75) is 12.1 Å². The molecule has 168 valence electrons. The number of benzene rings is 3. The lowest BCUT2D eigenvalue weighted by Gasteiger charge is -2.29. The molecule has 0 spiro atoms. The first-order valence-corrected chi connectivity index (χ1v) is 11.9. The number of hydrogen-bond acceptors (Lipinski definition) is 5. The maximum absolute atomic E-state index is 13.7. The van der Waals surface area contributed by atoms with E-state index in [9.17, 15) is 9.59 Å². The van der Waals surface area contributed by atoms with Crippen LogP contribution in [0.1, 0.15) is 11.6 Å². The van der Waals surface area contributed by atoms with Crippen LogP contribution in [-0.2, 0) is 14.4 Å². The van der Waals surface area contributed by atoms with Gasteiger partial charge in [0.15, 0.2) is 6.10 Å². The van der Waals surface area contributed by atoms with Crippen LogP contribution in [0, 0.1) is 5.92 Å². The number of carbonyl (C=O) groups is 2. The first kappa shape index (κ1) is 21.3. The van der Waals surface area contributed by atoms with Crippen molar-refractivity contribution in [2.75, 3.05) is 9.96 Å². The SMILES string of the molecule is O=C1[C@H]2[C@@H](ON(c3ccccc3)[C@H]2c2cc3ccccc3nc2Cl)C(=O)N1c1ccc(Br)cc1. The molecule has 0 saturated carbocycles. The van der Waals surface area contributed by atoms with Gasteiger partial charge in [-0.15, -0.1) is 0 Å². The highest BCUT2D eigenvalue weighted by molar-refractivity contribution is 9.10. The quantitative estimate of drug-likeness (QED) is 0.249. The Balaban J connectivity index is 1.49. The fraction of sp³-hybridized carbons (Fsp3) is 0.115. The van der Waals surface area contributed by atoms with Crippen LogP contribution in [0.2, 0.25) is 5.15 Å². The predicted octanol–water partition coefficient (Wildman–Crippen LogP) is 5.70. The smallest absolute Gasteiger partial charge is 0.266 e. The van der Waals surface area contributed by atoms with E-state index in [4.69, 9.17) is 16.4 Å². The number of fused-ring (bicyclic) bond motifs is 2. The van der Waals surface area contributed by atoms with Gasteiger partial charge in [0.1, 0.15) is 11.1 Å². The van der Waals surface area contributed by atoms with Crippen LogP contribution in [-0.4, -0.2) is 22.9 Å². The molecule has 3 atom stereocenters. The number of anilines is 2. The van der Waals surface area contributed by atoms with E-state index in [-0.39, 0.29) is 11.1 Å². The first-order chi connectivity index (χ1) is 16.5. The number of hydroxylamine groups is 1. The first-order valence-electron chi connectivity index (χ1n) is 10.7. The molecule has 2 saturated heterocycles. The molecule has 6 nitrogen and oxygen atoms in total. The summed E-state index contributed by atoms with van der Waals surface area (Å²) in [5.74, 6) is -1.51. The standard InChI is InChI=1S/C26H17BrClN3O3/c27-16-10-12-17(13-11-16)30-25(32)21-22(19-14-15-6-4-5-9-20(15)29-24(19)28)31(34-23(21)26(30)33)18-7-2-1-3-8-18/h1-14,21-23H/t21-,22+,23-/m1/s1. The lowest BCUT2D eigenvalue weighted by Crippen LogP contribution is -2.37. The van der Waals surface area contributed by atoms with E-state index < -0.39 is 24.0 Å². The Bertz CT molecular complexity index is 1430. The van der Waals surface area contributed by atoms with Gasteiger partial charge in [-0.25, -0.2) is 14.9 Å². The molecule has 2 aliphatic rings. The molecule has 3 heterocycles. The highest BCUT2D eigenvalue weighted by Gasteiger charge is 2.60. The summed E-state index contributed by atoms with van der Waals surface area (Å²) in [6.45, 7) is 0. The number of rotatable bonds is 3. The van der Waals surface area contributed by atoms with Gasteiger partial charge in [-0.05, 0) is 48.5 Å². The normalized spacial score (nSPS) is 22.0. The number of amides is 2. The fourth-order valence-corrected chi connectivity index (χ4v) is 5.21. The number of hydrogen-bond donors (Lipinski definition) is 0. The van der Waals surface area contributed by atoms with Gasteiger partial charge >= 0.3 is 0 Å². The van der Waals surface area contributed by atoms with Crippen LogP contribution in [0.25, 0.3) is 10.9 Å². The van der Waals surface area contributed by atoms with Crippen LogP contribution < -0.4 is 9.96 Å². The summed E-state index contributed by atoms with van der Waals surface area (Å²) >= 11 is 10.1.